The average molecular weight is 219 g/mol. The van der Waals surface area contributed by atoms with Crippen LogP contribution in [0.5, 0.6) is 0 Å². The summed E-state index contributed by atoms with van der Waals surface area (Å²) in [4.78, 5) is 28.4. The number of hydrogen-bond acceptors (Lipinski definition) is 4. The second kappa shape index (κ2) is 4.30. The van der Waals surface area contributed by atoms with Gasteiger partial charge in [-0.15, -0.1) is 0 Å². The molecule has 0 saturated carbocycles. The Kier molecular flexibility index (Phi) is 2.85. The van der Waals surface area contributed by atoms with E-state index in [1.54, 1.807) is 25.3 Å². The molecule has 1 saturated heterocycles. The molecule has 1 unspecified atom stereocenters. The average Bonchev–Trinajstić information content (AvgIpc) is 2.33. The molecular formula is C11H13N3O2. The Morgan fingerprint density at radius 2 is 2.44 bits per heavy atom. The summed E-state index contributed by atoms with van der Waals surface area (Å²) in [5.41, 5.74) is 0.518. The zero-order valence-electron chi connectivity index (χ0n) is 9.01. The summed E-state index contributed by atoms with van der Waals surface area (Å²) in [7, 11) is 0. The molecule has 0 aromatic carbocycles. The largest absolute Gasteiger partial charge is 0.353 e. The van der Waals surface area contributed by atoms with Gasteiger partial charge < -0.3 is 10.2 Å². The third-order valence-corrected chi connectivity index (χ3v) is 2.71. The quantitative estimate of drug-likeness (QED) is 0.723. The molecule has 0 radical (unpaired) electrons. The predicted octanol–water partition coefficient (Wildman–Crippen LogP) is 0.219. The molecule has 1 aromatic heterocycles. The van der Waals surface area contributed by atoms with Gasteiger partial charge in [0.2, 0.25) is 5.91 Å². The van der Waals surface area contributed by atoms with Gasteiger partial charge in [-0.2, -0.15) is 0 Å². The van der Waals surface area contributed by atoms with E-state index in [9.17, 15) is 9.59 Å². The SMILES string of the molecule is CC1C(=O)NCCN1c1ncccc1C=O. The number of piperazine rings is 1. The molecule has 1 aliphatic heterocycles. The molecule has 1 amide bonds. The Hall–Kier alpha value is -1.91. The fraction of sp³-hybridized carbons (Fsp3) is 0.364. The van der Waals surface area contributed by atoms with Crippen LogP contribution in [0.2, 0.25) is 0 Å². The Labute approximate surface area is 93.5 Å². The molecule has 5 heteroatoms. The minimum atomic E-state index is -0.289. The van der Waals surface area contributed by atoms with Gasteiger partial charge in [0.15, 0.2) is 6.29 Å². The summed E-state index contributed by atoms with van der Waals surface area (Å²) in [5.74, 6) is 0.550. The van der Waals surface area contributed by atoms with Crippen molar-refractivity contribution in [3.63, 3.8) is 0 Å². The summed E-state index contributed by atoms with van der Waals surface area (Å²) >= 11 is 0. The van der Waals surface area contributed by atoms with E-state index in [4.69, 9.17) is 0 Å². The van der Waals surface area contributed by atoms with E-state index in [1.807, 2.05) is 4.90 Å². The lowest BCUT2D eigenvalue weighted by molar-refractivity contribution is -0.122. The second-order valence-corrected chi connectivity index (χ2v) is 3.69. The summed E-state index contributed by atoms with van der Waals surface area (Å²) < 4.78 is 0. The Balaban J connectivity index is 2.35. The van der Waals surface area contributed by atoms with Gasteiger partial charge >= 0.3 is 0 Å². The zero-order chi connectivity index (χ0) is 11.5. The summed E-state index contributed by atoms with van der Waals surface area (Å²) in [6.07, 6.45) is 2.39. The molecule has 0 bridgehead atoms. The highest BCUT2D eigenvalue weighted by molar-refractivity contribution is 5.89. The maximum Gasteiger partial charge on any atom is 0.242 e. The van der Waals surface area contributed by atoms with Gasteiger partial charge in [0.1, 0.15) is 11.9 Å². The number of aldehydes is 1. The van der Waals surface area contributed by atoms with Crippen molar-refractivity contribution in [2.24, 2.45) is 0 Å². The van der Waals surface area contributed by atoms with E-state index < -0.39 is 0 Å². The predicted molar refractivity (Wildman–Crippen MR) is 59.4 cm³/mol. The number of nitrogens with zero attached hydrogens (tertiary/aromatic N) is 2. The number of pyridine rings is 1. The smallest absolute Gasteiger partial charge is 0.242 e. The maximum atomic E-state index is 11.5. The molecule has 0 spiro atoms. The van der Waals surface area contributed by atoms with Crippen molar-refractivity contribution in [1.29, 1.82) is 0 Å². The van der Waals surface area contributed by atoms with Crippen LogP contribution in [-0.2, 0) is 4.79 Å². The number of aromatic nitrogens is 1. The molecule has 1 aliphatic rings. The molecule has 1 fully saturated rings. The molecule has 2 rings (SSSR count). The molecule has 1 atom stereocenters. The van der Waals surface area contributed by atoms with Crippen LogP contribution in [0.1, 0.15) is 17.3 Å². The number of anilines is 1. The summed E-state index contributed by atoms with van der Waals surface area (Å²) in [5, 5.41) is 2.77. The van der Waals surface area contributed by atoms with Crippen LogP contribution in [0.25, 0.3) is 0 Å². The van der Waals surface area contributed by atoms with Crippen molar-refractivity contribution in [2.45, 2.75) is 13.0 Å². The van der Waals surface area contributed by atoms with Gasteiger partial charge in [-0.05, 0) is 19.1 Å². The van der Waals surface area contributed by atoms with Crippen LogP contribution >= 0.6 is 0 Å². The van der Waals surface area contributed by atoms with E-state index in [2.05, 4.69) is 10.3 Å². The Bertz CT molecular complexity index is 419. The van der Waals surface area contributed by atoms with Crippen molar-refractivity contribution in [1.82, 2.24) is 10.3 Å². The first-order valence-electron chi connectivity index (χ1n) is 5.18. The summed E-state index contributed by atoms with van der Waals surface area (Å²) in [6.45, 7) is 3.06. The van der Waals surface area contributed by atoms with Crippen LogP contribution in [-0.4, -0.2) is 36.3 Å². The van der Waals surface area contributed by atoms with Crippen LogP contribution in [0.15, 0.2) is 18.3 Å². The van der Waals surface area contributed by atoms with Crippen LogP contribution < -0.4 is 10.2 Å². The van der Waals surface area contributed by atoms with Crippen LogP contribution in [0.3, 0.4) is 0 Å². The first kappa shape index (κ1) is 10.6. The number of hydrogen-bond donors (Lipinski definition) is 1. The number of nitrogens with one attached hydrogen (secondary N) is 1. The lowest BCUT2D eigenvalue weighted by Crippen LogP contribution is -2.54. The van der Waals surface area contributed by atoms with Gasteiger partial charge in [-0.1, -0.05) is 0 Å². The van der Waals surface area contributed by atoms with Gasteiger partial charge in [-0.25, -0.2) is 4.98 Å². The lowest BCUT2D eigenvalue weighted by atomic mass is 10.1. The van der Waals surface area contributed by atoms with Crippen molar-refractivity contribution >= 4 is 18.0 Å². The van der Waals surface area contributed by atoms with Crippen LogP contribution in [0.4, 0.5) is 5.82 Å². The fourth-order valence-corrected chi connectivity index (χ4v) is 1.81. The molecule has 84 valence electrons. The highest BCUT2D eigenvalue weighted by atomic mass is 16.2. The third-order valence-electron chi connectivity index (χ3n) is 2.71. The minimum Gasteiger partial charge on any atom is -0.353 e. The number of rotatable bonds is 2. The minimum absolute atomic E-state index is 0.0336. The van der Waals surface area contributed by atoms with Crippen molar-refractivity contribution in [3.05, 3.63) is 23.9 Å². The Morgan fingerprint density at radius 1 is 1.62 bits per heavy atom. The van der Waals surface area contributed by atoms with Crippen LogP contribution in [0, 0.1) is 0 Å². The standard InChI is InChI=1S/C11H13N3O2/c1-8-11(16)13-5-6-14(8)10-9(7-15)3-2-4-12-10/h2-4,7-8H,5-6H2,1H3,(H,13,16). The molecule has 0 aliphatic carbocycles. The van der Waals surface area contributed by atoms with Gasteiger partial charge in [0.25, 0.3) is 0 Å². The summed E-state index contributed by atoms with van der Waals surface area (Å²) in [6, 6.07) is 3.12. The lowest BCUT2D eigenvalue weighted by Gasteiger charge is -2.34. The molecule has 2 heterocycles. The van der Waals surface area contributed by atoms with Crippen molar-refractivity contribution in [3.8, 4) is 0 Å². The zero-order valence-corrected chi connectivity index (χ0v) is 9.01. The highest BCUT2D eigenvalue weighted by Crippen LogP contribution is 2.19. The topological polar surface area (TPSA) is 62.3 Å². The third kappa shape index (κ3) is 1.76. The van der Waals surface area contributed by atoms with E-state index in [0.717, 1.165) is 6.29 Å². The number of carbonyl (C=O) groups is 2. The second-order valence-electron chi connectivity index (χ2n) is 3.69. The van der Waals surface area contributed by atoms with E-state index in [-0.39, 0.29) is 11.9 Å². The van der Waals surface area contributed by atoms with Crippen molar-refractivity contribution < 1.29 is 9.59 Å². The fourth-order valence-electron chi connectivity index (χ4n) is 1.81. The van der Waals surface area contributed by atoms with Gasteiger partial charge in [0, 0.05) is 19.3 Å². The molecule has 1 N–H and O–H groups in total. The maximum absolute atomic E-state index is 11.5. The molecule has 1 aromatic rings. The normalized spacial score (nSPS) is 20.4. The van der Waals surface area contributed by atoms with Gasteiger partial charge in [-0.3, -0.25) is 9.59 Å². The number of carbonyl (C=O) groups excluding carboxylic acids is 2. The molecular weight excluding hydrogens is 206 g/mol. The molecule has 5 nitrogen and oxygen atoms in total. The van der Waals surface area contributed by atoms with E-state index in [1.165, 1.54) is 0 Å². The monoisotopic (exact) mass is 219 g/mol. The van der Waals surface area contributed by atoms with Crippen molar-refractivity contribution in [2.75, 3.05) is 18.0 Å². The Morgan fingerprint density at radius 3 is 3.19 bits per heavy atom. The first-order chi connectivity index (χ1) is 7.74. The number of amides is 1. The van der Waals surface area contributed by atoms with E-state index in [0.29, 0.717) is 24.5 Å². The highest BCUT2D eigenvalue weighted by Gasteiger charge is 2.27. The van der Waals surface area contributed by atoms with Gasteiger partial charge in [0.05, 0.1) is 5.56 Å². The van der Waals surface area contributed by atoms with E-state index >= 15 is 0 Å². The molecule has 16 heavy (non-hydrogen) atoms. The first-order valence-corrected chi connectivity index (χ1v) is 5.18.